The Labute approximate surface area is 138 Å². The van der Waals surface area contributed by atoms with Gasteiger partial charge in [0.25, 0.3) is 11.6 Å². The summed E-state index contributed by atoms with van der Waals surface area (Å²) >= 11 is 0. The average Bonchev–Trinajstić information content (AvgIpc) is 2.61. The molecule has 1 aromatic heterocycles. The monoisotopic (exact) mass is 324 g/mol. The number of benzene rings is 1. The number of non-ortho nitro benzene ring substituents is 1. The number of nitrogens with one attached hydrogen (secondary N) is 1. The van der Waals surface area contributed by atoms with E-state index in [1.807, 2.05) is 13.0 Å². The number of carbonyl (C=O) groups is 1. The highest BCUT2D eigenvalue weighted by Gasteiger charge is 2.04. The molecule has 0 aliphatic rings. The second-order valence-electron chi connectivity index (χ2n) is 4.83. The first-order chi connectivity index (χ1) is 11.6. The van der Waals surface area contributed by atoms with Gasteiger partial charge in [0.05, 0.1) is 4.92 Å². The highest BCUT2D eigenvalue weighted by atomic mass is 16.6. The molecule has 0 atom stereocenters. The van der Waals surface area contributed by atoms with E-state index in [4.69, 9.17) is 0 Å². The third kappa shape index (κ3) is 4.84. The minimum Gasteiger partial charge on any atom is -0.266 e. The topological polar surface area (TPSA) is 97.5 Å². The van der Waals surface area contributed by atoms with Gasteiger partial charge in [0.2, 0.25) is 0 Å². The first kappa shape index (κ1) is 17.0. The maximum atomic E-state index is 11.8. The van der Waals surface area contributed by atoms with Gasteiger partial charge in [-0.15, -0.1) is 0 Å². The molecule has 1 heterocycles. The van der Waals surface area contributed by atoms with Crippen LogP contribution in [0.15, 0.2) is 53.8 Å². The Bertz CT molecular complexity index is 765. The van der Waals surface area contributed by atoms with Crippen molar-refractivity contribution >= 4 is 23.9 Å². The standard InChI is InChI=1S/C17H16N4O3/c1-2-13-7-10-16(18-12-13)17(22)20-19-11-3-4-14-5-8-15(9-6-14)21(23)24/h3-12H,2H2,1H3,(H,20,22). The van der Waals surface area contributed by atoms with Crippen molar-refractivity contribution < 1.29 is 9.72 Å². The van der Waals surface area contributed by atoms with Crippen LogP contribution in [0.4, 0.5) is 5.69 Å². The molecule has 2 rings (SSSR count). The van der Waals surface area contributed by atoms with E-state index >= 15 is 0 Å². The Kier molecular flexibility index (Phi) is 5.90. The zero-order valence-corrected chi connectivity index (χ0v) is 13.0. The van der Waals surface area contributed by atoms with Gasteiger partial charge in [0, 0.05) is 24.5 Å². The normalized spacial score (nSPS) is 11.0. The fourth-order valence-electron chi connectivity index (χ4n) is 1.83. The molecule has 0 bridgehead atoms. The third-order valence-corrected chi connectivity index (χ3v) is 3.18. The maximum absolute atomic E-state index is 11.8. The van der Waals surface area contributed by atoms with Crippen molar-refractivity contribution in [2.24, 2.45) is 5.10 Å². The first-order valence-electron chi connectivity index (χ1n) is 7.29. The van der Waals surface area contributed by atoms with Crippen LogP contribution in [-0.2, 0) is 6.42 Å². The molecule has 7 nitrogen and oxygen atoms in total. The van der Waals surface area contributed by atoms with Gasteiger partial charge < -0.3 is 0 Å². The first-order valence-corrected chi connectivity index (χ1v) is 7.29. The van der Waals surface area contributed by atoms with E-state index in [1.165, 1.54) is 18.3 Å². The SMILES string of the molecule is CCc1ccc(C(=O)NN=CC=Cc2ccc([N+](=O)[O-])cc2)nc1. The number of nitro groups is 1. The van der Waals surface area contributed by atoms with Crippen molar-refractivity contribution in [3.05, 3.63) is 75.6 Å². The summed E-state index contributed by atoms with van der Waals surface area (Å²) in [6.07, 6.45) is 7.27. The molecule has 0 saturated heterocycles. The van der Waals surface area contributed by atoms with E-state index in [9.17, 15) is 14.9 Å². The van der Waals surface area contributed by atoms with Gasteiger partial charge in [-0.1, -0.05) is 19.1 Å². The molecule has 2 aromatic rings. The molecule has 1 N–H and O–H groups in total. The molecule has 0 radical (unpaired) electrons. The molecule has 122 valence electrons. The largest absolute Gasteiger partial charge is 0.289 e. The number of pyridine rings is 1. The number of carbonyl (C=O) groups excluding carboxylic acids is 1. The van der Waals surface area contributed by atoms with Crippen molar-refractivity contribution in [2.75, 3.05) is 0 Å². The van der Waals surface area contributed by atoms with Crippen LogP contribution in [0.5, 0.6) is 0 Å². The lowest BCUT2D eigenvalue weighted by Crippen LogP contribution is -2.18. The number of amides is 1. The van der Waals surface area contributed by atoms with Crippen molar-refractivity contribution in [1.29, 1.82) is 0 Å². The molecule has 0 spiro atoms. The van der Waals surface area contributed by atoms with Crippen LogP contribution in [0, 0.1) is 10.1 Å². The highest BCUT2D eigenvalue weighted by Crippen LogP contribution is 2.12. The molecule has 1 aromatic carbocycles. The smallest absolute Gasteiger partial charge is 0.266 e. The number of hydrazone groups is 1. The zero-order valence-electron chi connectivity index (χ0n) is 13.0. The molecule has 0 aliphatic heterocycles. The lowest BCUT2D eigenvalue weighted by Gasteiger charge is -1.99. The number of nitrogens with zero attached hydrogens (tertiary/aromatic N) is 3. The maximum Gasteiger partial charge on any atom is 0.289 e. The van der Waals surface area contributed by atoms with Crippen molar-refractivity contribution in [1.82, 2.24) is 10.4 Å². The fraction of sp³-hybridized carbons (Fsp3) is 0.118. The molecule has 0 unspecified atom stereocenters. The van der Waals surface area contributed by atoms with Gasteiger partial charge in [-0.05, 0) is 41.8 Å². The Morgan fingerprint density at radius 2 is 2.04 bits per heavy atom. The average molecular weight is 324 g/mol. The Morgan fingerprint density at radius 1 is 1.29 bits per heavy atom. The molecular weight excluding hydrogens is 308 g/mol. The van der Waals surface area contributed by atoms with E-state index in [0.717, 1.165) is 17.5 Å². The van der Waals surface area contributed by atoms with Crippen LogP contribution in [0.3, 0.4) is 0 Å². The van der Waals surface area contributed by atoms with E-state index in [-0.39, 0.29) is 5.69 Å². The van der Waals surface area contributed by atoms with Gasteiger partial charge in [-0.3, -0.25) is 19.9 Å². The number of hydrogen-bond donors (Lipinski definition) is 1. The molecular formula is C17H16N4O3. The van der Waals surface area contributed by atoms with Crippen molar-refractivity contribution in [3.8, 4) is 0 Å². The predicted molar refractivity (Wildman–Crippen MR) is 91.7 cm³/mol. The van der Waals surface area contributed by atoms with Gasteiger partial charge in [0.15, 0.2) is 0 Å². The van der Waals surface area contributed by atoms with Crippen LogP contribution in [-0.4, -0.2) is 22.0 Å². The summed E-state index contributed by atoms with van der Waals surface area (Å²) in [6.45, 7) is 2.01. The van der Waals surface area contributed by atoms with Gasteiger partial charge in [-0.2, -0.15) is 5.10 Å². The lowest BCUT2D eigenvalue weighted by molar-refractivity contribution is -0.384. The summed E-state index contributed by atoms with van der Waals surface area (Å²) in [7, 11) is 0. The van der Waals surface area contributed by atoms with E-state index < -0.39 is 10.8 Å². The predicted octanol–water partition coefficient (Wildman–Crippen LogP) is 2.98. The lowest BCUT2D eigenvalue weighted by atomic mass is 10.2. The summed E-state index contributed by atoms with van der Waals surface area (Å²) in [5, 5.41) is 14.3. The summed E-state index contributed by atoms with van der Waals surface area (Å²) in [5.74, 6) is -0.391. The molecule has 24 heavy (non-hydrogen) atoms. The number of nitro benzene ring substituents is 1. The van der Waals surface area contributed by atoms with Gasteiger partial charge >= 0.3 is 0 Å². The number of aromatic nitrogens is 1. The summed E-state index contributed by atoms with van der Waals surface area (Å²) in [5.41, 5.74) is 4.55. The second-order valence-corrected chi connectivity index (χ2v) is 4.83. The van der Waals surface area contributed by atoms with Crippen LogP contribution in [0.1, 0.15) is 28.5 Å². The molecule has 1 amide bonds. The van der Waals surface area contributed by atoms with Gasteiger partial charge in [0.1, 0.15) is 5.69 Å². The van der Waals surface area contributed by atoms with Crippen molar-refractivity contribution in [3.63, 3.8) is 0 Å². The summed E-state index contributed by atoms with van der Waals surface area (Å²) < 4.78 is 0. The number of hydrogen-bond acceptors (Lipinski definition) is 5. The highest BCUT2D eigenvalue weighted by molar-refractivity contribution is 5.92. The van der Waals surface area contributed by atoms with Crippen LogP contribution < -0.4 is 5.43 Å². The molecule has 0 fully saturated rings. The van der Waals surface area contributed by atoms with E-state index in [2.05, 4.69) is 15.5 Å². The Morgan fingerprint density at radius 3 is 2.62 bits per heavy atom. The van der Waals surface area contributed by atoms with Crippen LogP contribution in [0.2, 0.25) is 0 Å². The van der Waals surface area contributed by atoms with E-state index in [1.54, 1.807) is 36.5 Å². The van der Waals surface area contributed by atoms with Crippen LogP contribution in [0.25, 0.3) is 6.08 Å². The second kappa shape index (κ2) is 8.33. The molecule has 7 heteroatoms. The summed E-state index contributed by atoms with van der Waals surface area (Å²) in [4.78, 5) is 26.0. The Hall–Kier alpha value is -3.35. The van der Waals surface area contributed by atoms with Crippen molar-refractivity contribution in [2.45, 2.75) is 13.3 Å². The van der Waals surface area contributed by atoms with Crippen LogP contribution >= 0.6 is 0 Å². The number of aryl methyl sites for hydroxylation is 1. The minimum absolute atomic E-state index is 0.0367. The summed E-state index contributed by atoms with van der Waals surface area (Å²) in [6, 6.07) is 9.59. The quantitative estimate of drug-likeness (QED) is 0.502. The number of allylic oxidation sites excluding steroid dienone is 1. The zero-order chi connectivity index (χ0) is 17.4. The Balaban J connectivity index is 1.86. The fourth-order valence-corrected chi connectivity index (χ4v) is 1.83. The molecule has 0 aliphatic carbocycles. The minimum atomic E-state index is -0.453. The van der Waals surface area contributed by atoms with E-state index in [0.29, 0.717) is 5.69 Å². The third-order valence-electron chi connectivity index (χ3n) is 3.18. The number of rotatable bonds is 6. The molecule has 0 saturated carbocycles. The van der Waals surface area contributed by atoms with Gasteiger partial charge in [-0.25, -0.2) is 5.43 Å².